The van der Waals surface area contributed by atoms with Crippen molar-refractivity contribution in [2.24, 2.45) is 5.41 Å². The second-order valence-corrected chi connectivity index (χ2v) is 8.43. The molecule has 0 bridgehead atoms. The molecule has 29 heavy (non-hydrogen) atoms. The zero-order valence-electron chi connectivity index (χ0n) is 15.7. The van der Waals surface area contributed by atoms with E-state index in [1.807, 2.05) is 0 Å². The van der Waals surface area contributed by atoms with Crippen LogP contribution in [0.4, 0.5) is 0 Å². The second kappa shape index (κ2) is 9.30. The first-order valence-electron chi connectivity index (χ1n) is 8.53. The highest BCUT2D eigenvalue weighted by Gasteiger charge is 2.56. The summed E-state index contributed by atoms with van der Waals surface area (Å²) in [6.07, 6.45) is 5.82. The van der Waals surface area contributed by atoms with E-state index in [4.69, 9.17) is 16.3 Å². The summed E-state index contributed by atoms with van der Waals surface area (Å²) in [5.41, 5.74) is -0.472. The molecule has 0 unspecified atom stereocenters. The predicted octanol–water partition coefficient (Wildman–Crippen LogP) is -0.257. The number of esters is 1. The highest BCUT2D eigenvalue weighted by Crippen LogP contribution is 2.36. The summed E-state index contributed by atoms with van der Waals surface area (Å²) in [5.74, 6) is 10.8. The van der Waals surface area contributed by atoms with Crippen molar-refractivity contribution in [2.75, 3.05) is 25.2 Å². The number of methoxy groups -OCH3 is 1. The molecule has 2 N–H and O–H groups in total. The van der Waals surface area contributed by atoms with E-state index in [1.165, 1.54) is 12.1 Å². The van der Waals surface area contributed by atoms with Crippen molar-refractivity contribution in [3.8, 4) is 36.0 Å². The van der Waals surface area contributed by atoms with E-state index >= 15 is 0 Å². The second-order valence-electron chi connectivity index (χ2n) is 6.37. The van der Waals surface area contributed by atoms with Crippen LogP contribution in [0.15, 0.2) is 24.3 Å². The molecule has 0 aliphatic carbocycles. The van der Waals surface area contributed by atoms with Gasteiger partial charge < -0.3 is 15.2 Å². The van der Waals surface area contributed by atoms with Gasteiger partial charge in [-0.25, -0.2) is 13.2 Å². The van der Waals surface area contributed by atoms with Gasteiger partial charge in [-0.2, -0.15) is 0 Å². The summed E-state index contributed by atoms with van der Waals surface area (Å²) in [5, 5.41) is 11.1. The standard InChI is InChI=1S/C21H19NO6S/c1-3-21(14-29(26,27)15-21)18(20(25)28-2)22-19(24)17-11-9-16(10-12-17)8-6-4-5-7-13-23/h1,9-12,18,23H,7,13-15H2,2H3,(H,22,24)/t18-/m1/s1. The van der Waals surface area contributed by atoms with Crippen LogP contribution in [0.3, 0.4) is 0 Å². The number of carbonyl (C=O) groups is 2. The number of sulfone groups is 1. The number of ether oxygens (including phenoxy) is 1. The maximum Gasteiger partial charge on any atom is 0.330 e. The van der Waals surface area contributed by atoms with Crippen molar-refractivity contribution in [2.45, 2.75) is 12.5 Å². The Balaban J connectivity index is 2.15. The molecule has 1 aromatic carbocycles. The van der Waals surface area contributed by atoms with Gasteiger partial charge in [0, 0.05) is 17.5 Å². The van der Waals surface area contributed by atoms with Crippen LogP contribution in [0.25, 0.3) is 0 Å². The van der Waals surface area contributed by atoms with Crippen molar-refractivity contribution < 1.29 is 27.9 Å². The molecule has 2 rings (SSSR count). The van der Waals surface area contributed by atoms with E-state index in [1.54, 1.807) is 12.1 Å². The van der Waals surface area contributed by atoms with Gasteiger partial charge in [-0.15, -0.1) is 6.42 Å². The molecule has 1 atom stereocenters. The Hall–Kier alpha value is -3.25. The largest absolute Gasteiger partial charge is 0.467 e. The van der Waals surface area contributed by atoms with E-state index in [0.717, 1.165) is 7.11 Å². The number of aliphatic hydroxyl groups excluding tert-OH is 1. The molecule has 1 fully saturated rings. The summed E-state index contributed by atoms with van der Waals surface area (Å²) in [4.78, 5) is 24.7. The molecule has 0 aromatic heterocycles. The normalized spacial score (nSPS) is 16.3. The highest BCUT2D eigenvalue weighted by atomic mass is 32.2. The summed E-state index contributed by atoms with van der Waals surface area (Å²) in [6.45, 7) is -0.0298. The average molecular weight is 413 g/mol. The minimum Gasteiger partial charge on any atom is -0.467 e. The van der Waals surface area contributed by atoms with Crippen LogP contribution >= 0.6 is 0 Å². The highest BCUT2D eigenvalue weighted by molar-refractivity contribution is 7.92. The van der Waals surface area contributed by atoms with Crippen LogP contribution in [-0.2, 0) is 19.4 Å². The molecular weight excluding hydrogens is 394 g/mol. The SMILES string of the molecule is C#CC1([C@H](NC(=O)c2ccc(C#CC#CCCO)cc2)C(=O)OC)CS(=O)(=O)C1. The van der Waals surface area contributed by atoms with Gasteiger partial charge in [0.15, 0.2) is 9.84 Å². The van der Waals surface area contributed by atoms with E-state index in [0.29, 0.717) is 12.0 Å². The lowest BCUT2D eigenvalue weighted by Gasteiger charge is -2.41. The lowest BCUT2D eigenvalue weighted by molar-refractivity contribution is -0.145. The summed E-state index contributed by atoms with van der Waals surface area (Å²) >= 11 is 0. The molecule has 0 spiro atoms. The van der Waals surface area contributed by atoms with Gasteiger partial charge >= 0.3 is 5.97 Å². The number of hydrogen-bond donors (Lipinski definition) is 2. The molecule has 7 nitrogen and oxygen atoms in total. The van der Waals surface area contributed by atoms with Crippen molar-refractivity contribution >= 4 is 21.7 Å². The maximum atomic E-state index is 12.6. The Morgan fingerprint density at radius 3 is 2.45 bits per heavy atom. The lowest BCUT2D eigenvalue weighted by atomic mass is 9.83. The van der Waals surface area contributed by atoms with Crippen LogP contribution < -0.4 is 5.32 Å². The van der Waals surface area contributed by atoms with Crippen molar-refractivity contribution in [1.29, 1.82) is 0 Å². The number of amides is 1. The van der Waals surface area contributed by atoms with E-state index < -0.39 is 44.7 Å². The van der Waals surface area contributed by atoms with Gasteiger partial charge in [-0.1, -0.05) is 17.8 Å². The van der Waals surface area contributed by atoms with Gasteiger partial charge in [-0.05, 0) is 36.1 Å². The van der Waals surface area contributed by atoms with Crippen molar-refractivity contribution in [3.05, 3.63) is 35.4 Å². The molecule has 1 heterocycles. The summed E-state index contributed by atoms with van der Waals surface area (Å²) in [6, 6.07) is 4.94. The fourth-order valence-corrected chi connectivity index (χ4v) is 4.79. The van der Waals surface area contributed by atoms with Gasteiger partial charge in [0.05, 0.1) is 30.6 Å². The fourth-order valence-electron chi connectivity index (χ4n) is 2.80. The Labute approximate surface area is 169 Å². The minimum atomic E-state index is -3.35. The molecule has 150 valence electrons. The predicted molar refractivity (Wildman–Crippen MR) is 106 cm³/mol. The Morgan fingerprint density at radius 2 is 1.93 bits per heavy atom. The molecule has 1 saturated heterocycles. The molecule has 0 radical (unpaired) electrons. The van der Waals surface area contributed by atoms with Crippen LogP contribution in [-0.4, -0.2) is 56.7 Å². The Bertz CT molecular complexity index is 1050. The van der Waals surface area contributed by atoms with Crippen molar-refractivity contribution in [3.63, 3.8) is 0 Å². The monoisotopic (exact) mass is 413 g/mol. The van der Waals surface area contributed by atoms with Crippen LogP contribution in [0.2, 0.25) is 0 Å². The average Bonchev–Trinajstić information content (AvgIpc) is 2.69. The van der Waals surface area contributed by atoms with Gasteiger partial charge in [0.2, 0.25) is 0 Å². The number of hydrogen-bond acceptors (Lipinski definition) is 6. The number of terminal acetylenes is 1. The number of nitrogens with one attached hydrogen (secondary N) is 1. The smallest absolute Gasteiger partial charge is 0.330 e. The number of aliphatic hydroxyl groups is 1. The Morgan fingerprint density at radius 1 is 1.28 bits per heavy atom. The quantitative estimate of drug-likeness (QED) is 0.509. The molecule has 1 amide bonds. The number of benzene rings is 1. The van der Waals surface area contributed by atoms with Crippen LogP contribution in [0, 0.1) is 41.4 Å². The zero-order chi connectivity index (χ0) is 21.5. The third-order valence-electron chi connectivity index (χ3n) is 4.25. The van der Waals surface area contributed by atoms with E-state index in [9.17, 15) is 18.0 Å². The summed E-state index contributed by atoms with van der Waals surface area (Å²) in [7, 11) is -2.22. The first kappa shape index (κ1) is 22.0. The molecular formula is C21H19NO6S. The van der Waals surface area contributed by atoms with E-state index in [2.05, 4.69) is 34.9 Å². The van der Waals surface area contributed by atoms with Crippen molar-refractivity contribution in [1.82, 2.24) is 5.32 Å². The summed E-state index contributed by atoms with van der Waals surface area (Å²) < 4.78 is 27.9. The Kier molecular flexibility index (Phi) is 7.07. The van der Waals surface area contributed by atoms with E-state index in [-0.39, 0.29) is 12.2 Å². The zero-order valence-corrected chi connectivity index (χ0v) is 16.5. The number of rotatable bonds is 5. The first-order valence-corrected chi connectivity index (χ1v) is 10.4. The van der Waals surface area contributed by atoms with Gasteiger partial charge in [-0.3, -0.25) is 4.79 Å². The van der Waals surface area contributed by atoms with Crippen LogP contribution in [0.5, 0.6) is 0 Å². The molecule has 1 aliphatic heterocycles. The molecule has 0 saturated carbocycles. The lowest BCUT2D eigenvalue weighted by Crippen LogP contribution is -2.63. The van der Waals surface area contributed by atoms with Gasteiger partial charge in [0.25, 0.3) is 5.91 Å². The number of carbonyl (C=O) groups excluding carboxylic acids is 2. The molecule has 8 heteroatoms. The maximum absolute atomic E-state index is 12.6. The third-order valence-corrected chi connectivity index (χ3v) is 6.16. The fraction of sp³-hybridized carbons (Fsp3) is 0.333. The first-order chi connectivity index (χ1) is 13.8. The molecule has 1 aromatic rings. The molecule has 1 aliphatic rings. The minimum absolute atomic E-state index is 0.0298. The van der Waals surface area contributed by atoms with Gasteiger partial charge in [0.1, 0.15) is 6.04 Å². The third kappa shape index (κ3) is 5.39. The topological polar surface area (TPSA) is 110 Å². The van der Waals surface area contributed by atoms with Crippen LogP contribution in [0.1, 0.15) is 22.3 Å².